The van der Waals surface area contributed by atoms with Gasteiger partial charge in [-0.25, -0.2) is 0 Å². The van der Waals surface area contributed by atoms with Crippen LogP contribution in [0.2, 0.25) is 10.0 Å². The normalized spacial score (nSPS) is 18.7. The zero-order chi connectivity index (χ0) is 22.2. The molecule has 0 aromatic heterocycles. The fraction of sp³-hybridized carbons (Fsp3) is 0.240. The van der Waals surface area contributed by atoms with Crippen LogP contribution in [0.1, 0.15) is 23.6 Å². The van der Waals surface area contributed by atoms with E-state index in [1.165, 1.54) is 0 Å². The molecule has 1 heterocycles. The minimum absolute atomic E-state index is 0.0853. The summed E-state index contributed by atoms with van der Waals surface area (Å²) in [4.78, 5) is 13.2. The van der Waals surface area contributed by atoms with Gasteiger partial charge in [0.05, 0.1) is 13.2 Å². The Labute approximate surface area is 192 Å². The first-order valence-corrected chi connectivity index (χ1v) is 10.8. The number of ether oxygens (including phenoxy) is 1. The number of carboxylic acids is 1. The number of benzene rings is 3. The van der Waals surface area contributed by atoms with Crippen LogP contribution in [-0.2, 0) is 21.7 Å². The van der Waals surface area contributed by atoms with Gasteiger partial charge in [-0.3, -0.25) is 9.69 Å². The van der Waals surface area contributed by atoms with E-state index in [1.807, 2.05) is 55.5 Å². The van der Waals surface area contributed by atoms with E-state index in [2.05, 4.69) is 18.2 Å². The van der Waals surface area contributed by atoms with Crippen LogP contribution in [0.3, 0.4) is 0 Å². The quantitative estimate of drug-likeness (QED) is 0.507. The summed E-state index contributed by atoms with van der Waals surface area (Å²) in [5, 5.41) is 10.7. The Morgan fingerprint density at radius 3 is 2.23 bits per heavy atom. The van der Waals surface area contributed by atoms with Gasteiger partial charge in [-0.15, -0.1) is 0 Å². The van der Waals surface area contributed by atoms with Gasteiger partial charge in [-0.05, 0) is 72.1 Å². The molecule has 0 spiro atoms. The largest absolute Gasteiger partial charge is 0.480 e. The van der Waals surface area contributed by atoms with Crippen LogP contribution in [0, 0.1) is 0 Å². The number of hydrogen-bond donors (Lipinski definition) is 1. The van der Waals surface area contributed by atoms with Gasteiger partial charge in [0, 0.05) is 16.1 Å². The molecule has 0 aliphatic carbocycles. The lowest BCUT2D eigenvalue weighted by molar-refractivity contribution is -0.140. The first kappa shape index (κ1) is 21.8. The Morgan fingerprint density at radius 1 is 1.03 bits per heavy atom. The SMILES string of the molecule is CC(N(C)CC(=O)O)C1(c2ccc(Cl)cc2)OCc2cc(-c3ccc(Cl)cc3)ccc21. The second kappa shape index (κ2) is 8.64. The minimum Gasteiger partial charge on any atom is -0.480 e. The zero-order valence-electron chi connectivity index (χ0n) is 17.3. The summed E-state index contributed by atoms with van der Waals surface area (Å²) in [6.45, 7) is 2.35. The summed E-state index contributed by atoms with van der Waals surface area (Å²) in [5.74, 6) is -0.878. The third kappa shape index (κ3) is 4.09. The topological polar surface area (TPSA) is 49.8 Å². The van der Waals surface area contributed by atoms with Crippen LogP contribution in [0.15, 0.2) is 66.7 Å². The van der Waals surface area contributed by atoms with Gasteiger partial charge in [0.2, 0.25) is 0 Å². The van der Waals surface area contributed by atoms with Crippen LogP contribution >= 0.6 is 23.2 Å². The van der Waals surface area contributed by atoms with E-state index in [-0.39, 0.29) is 12.6 Å². The van der Waals surface area contributed by atoms with Crippen molar-refractivity contribution in [2.45, 2.75) is 25.2 Å². The van der Waals surface area contributed by atoms with Crippen LogP contribution in [0.25, 0.3) is 11.1 Å². The average Bonchev–Trinajstić information content (AvgIpc) is 3.13. The number of halogens is 2. The Bertz CT molecular complexity index is 1100. The van der Waals surface area contributed by atoms with Gasteiger partial charge in [0.25, 0.3) is 0 Å². The van der Waals surface area contributed by atoms with Crippen molar-refractivity contribution in [2.75, 3.05) is 13.6 Å². The highest BCUT2D eigenvalue weighted by Gasteiger charge is 2.48. The van der Waals surface area contributed by atoms with Gasteiger partial charge >= 0.3 is 5.97 Å². The molecule has 1 aliphatic heterocycles. The molecule has 1 aliphatic rings. The van der Waals surface area contributed by atoms with Crippen LogP contribution in [0.4, 0.5) is 0 Å². The lowest BCUT2D eigenvalue weighted by Gasteiger charge is -2.40. The van der Waals surface area contributed by atoms with Crippen molar-refractivity contribution in [3.63, 3.8) is 0 Å². The lowest BCUT2D eigenvalue weighted by Crippen LogP contribution is -2.49. The number of likely N-dealkylation sites (N-methyl/N-ethyl adjacent to an activating group) is 1. The van der Waals surface area contributed by atoms with E-state index in [1.54, 1.807) is 11.9 Å². The van der Waals surface area contributed by atoms with E-state index in [0.717, 1.165) is 27.8 Å². The Hall–Kier alpha value is -2.37. The number of carbonyl (C=O) groups is 1. The van der Waals surface area contributed by atoms with Crippen molar-refractivity contribution in [1.29, 1.82) is 0 Å². The van der Waals surface area contributed by atoms with E-state index in [9.17, 15) is 9.90 Å². The van der Waals surface area contributed by atoms with Crippen molar-refractivity contribution in [3.8, 4) is 11.1 Å². The Balaban J connectivity index is 1.81. The number of aliphatic carboxylic acids is 1. The van der Waals surface area contributed by atoms with Gasteiger partial charge in [-0.2, -0.15) is 0 Å². The lowest BCUT2D eigenvalue weighted by atomic mass is 9.79. The first-order valence-electron chi connectivity index (χ1n) is 10.0. The molecule has 2 atom stereocenters. The van der Waals surface area contributed by atoms with Crippen molar-refractivity contribution >= 4 is 29.2 Å². The van der Waals surface area contributed by atoms with Gasteiger partial charge < -0.3 is 9.84 Å². The fourth-order valence-electron chi connectivity index (χ4n) is 4.35. The third-order valence-corrected chi connectivity index (χ3v) is 6.55. The monoisotopic (exact) mass is 455 g/mol. The van der Waals surface area contributed by atoms with Crippen molar-refractivity contribution in [2.24, 2.45) is 0 Å². The molecule has 31 heavy (non-hydrogen) atoms. The number of rotatable bonds is 6. The predicted molar refractivity (Wildman–Crippen MR) is 124 cm³/mol. The van der Waals surface area contributed by atoms with Crippen molar-refractivity contribution < 1.29 is 14.6 Å². The minimum atomic E-state index is -0.878. The van der Waals surface area contributed by atoms with E-state index in [4.69, 9.17) is 27.9 Å². The molecule has 2 unspecified atom stereocenters. The highest BCUT2D eigenvalue weighted by Crippen LogP contribution is 2.47. The maximum absolute atomic E-state index is 11.4. The van der Waals surface area contributed by atoms with Crippen molar-refractivity contribution in [3.05, 3.63) is 93.5 Å². The highest BCUT2D eigenvalue weighted by molar-refractivity contribution is 6.30. The molecule has 0 radical (unpaired) electrons. The molecule has 4 nitrogen and oxygen atoms in total. The van der Waals surface area contributed by atoms with Crippen LogP contribution in [-0.4, -0.2) is 35.6 Å². The molecular formula is C25H23Cl2NO3. The predicted octanol–water partition coefficient (Wildman–Crippen LogP) is 5.84. The molecule has 0 amide bonds. The number of hydrogen-bond acceptors (Lipinski definition) is 3. The molecular weight excluding hydrogens is 433 g/mol. The Morgan fingerprint density at radius 2 is 1.61 bits per heavy atom. The summed E-state index contributed by atoms with van der Waals surface area (Å²) in [5.41, 5.74) is 4.42. The van der Waals surface area contributed by atoms with Crippen molar-refractivity contribution in [1.82, 2.24) is 4.90 Å². The van der Waals surface area contributed by atoms with Gasteiger partial charge in [0.1, 0.15) is 5.60 Å². The van der Waals surface area contributed by atoms with E-state index < -0.39 is 11.6 Å². The molecule has 3 aromatic carbocycles. The van der Waals surface area contributed by atoms with E-state index >= 15 is 0 Å². The molecule has 3 aromatic rings. The molecule has 0 saturated heterocycles. The molecule has 0 saturated carbocycles. The molecule has 160 valence electrons. The standard InChI is InChI=1S/C25H23Cl2NO3/c1-16(28(2)14-24(29)30)25(20-6-10-22(27)11-7-20)23-12-5-18(13-19(23)15-31-25)17-3-8-21(26)9-4-17/h3-13,16H,14-15H2,1-2H3,(H,29,30). The summed E-state index contributed by atoms with van der Waals surface area (Å²) >= 11 is 12.2. The first-order chi connectivity index (χ1) is 14.8. The number of fused-ring (bicyclic) bond motifs is 1. The fourth-order valence-corrected chi connectivity index (χ4v) is 4.60. The molecule has 6 heteroatoms. The van der Waals surface area contributed by atoms with Crippen LogP contribution < -0.4 is 0 Å². The summed E-state index contributed by atoms with van der Waals surface area (Å²) < 4.78 is 6.51. The second-order valence-electron chi connectivity index (χ2n) is 7.89. The Kier molecular flexibility index (Phi) is 6.09. The van der Waals surface area contributed by atoms with Gasteiger partial charge in [0.15, 0.2) is 0 Å². The number of carboxylic acid groups (broad SMARTS) is 1. The third-order valence-electron chi connectivity index (χ3n) is 6.05. The summed E-state index contributed by atoms with van der Waals surface area (Å²) in [6.07, 6.45) is 0. The molecule has 4 rings (SSSR count). The summed E-state index contributed by atoms with van der Waals surface area (Å²) in [7, 11) is 1.81. The maximum Gasteiger partial charge on any atom is 0.317 e. The highest BCUT2D eigenvalue weighted by atomic mass is 35.5. The average molecular weight is 456 g/mol. The molecule has 0 bridgehead atoms. The molecule has 1 N–H and O–H groups in total. The second-order valence-corrected chi connectivity index (χ2v) is 8.77. The van der Waals surface area contributed by atoms with Gasteiger partial charge in [-0.1, -0.05) is 59.6 Å². The maximum atomic E-state index is 11.4. The summed E-state index contributed by atoms with van der Waals surface area (Å²) in [6, 6.07) is 21.4. The molecule has 0 fully saturated rings. The smallest absolute Gasteiger partial charge is 0.317 e. The zero-order valence-corrected chi connectivity index (χ0v) is 18.8. The number of nitrogens with zero attached hydrogens (tertiary/aromatic N) is 1. The van der Waals surface area contributed by atoms with E-state index in [0.29, 0.717) is 16.7 Å². The van der Waals surface area contributed by atoms with Crippen LogP contribution in [0.5, 0.6) is 0 Å².